The zero-order chi connectivity index (χ0) is 24.2. The predicted octanol–water partition coefficient (Wildman–Crippen LogP) is 6.35. The summed E-state index contributed by atoms with van der Waals surface area (Å²) in [6.07, 6.45) is 0.751. The Morgan fingerprint density at radius 2 is 1.82 bits per heavy atom. The van der Waals surface area contributed by atoms with Crippen LogP contribution >= 0.6 is 11.6 Å². The van der Waals surface area contributed by atoms with Gasteiger partial charge in [-0.2, -0.15) is 0 Å². The van der Waals surface area contributed by atoms with Gasteiger partial charge in [0, 0.05) is 17.3 Å². The quantitative estimate of drug-likeness (QED) is 0.354. The van der Waals surface area contributed by atoms with Gasteiger partial charge in [-0.05, 0) is 62.2 Å². The minimum absolute atomic E-state index is 0.203. The zero-order valence-corrected chi connectivity index (χ0v) is 20.2. The molecule has 0 aliphatic rings. The second-order valence-electron chi connectivity index (χ2n) is 8.22. The van der Waals surface area contributed by atoms with E-state index in [9.17, 15) is 9.59 Å². The molecule has 0 saturated heterocycles. The van der Waals surface area contributed by atoms with Gasteiger partial charge in [0.2, 0.25) is 0 Å². The highest BCUT2D eigenvalue weighted by Crippen LogP contribution is 2.25. The predicted molar refractivity (Wildman–Crippen MR) is 138 cm³/mol. The molecule has 0 spiro atoms. The van der Waals surface area contributed by atoms with Gasteiger partial charge in [-0.3, -0.25) is 9.36 Å². The molecule has 2 amide bonds. The third kappa shape index (κ3) is 4.68. The molecular weight excluding hydrogens is 448 g/mol. The topological polar surface area (TPSA) is 67.2 Å². The number of carbonyl (C=O) groups is 1. The number of urea groups is 1. The molecule has 7 heteroatoms. The molecule has 1 heterocycles. The van der Waals surface area contributed by atoms with Crippen molar-refractivity contribution in [2.75, 3.05) is 11.9 Å². The molecule has 4 rings (SSSR count). The number of hydrogen-bond donors (Lipinski definition) is 1. The van der Waals surface area contributed by atoms with Gasteiger partial charge in [0.25, 0.3) is 5.56 Å². The SMILES string of the molecule is CCCN(C(=O)Nc1ccccc1C)C(C)c1nc2ccccc2c(=O)n1-c1cccc(Cl)c1. The van der Waals surface area contributed by atoms with E-state index in [0.717, 1.165) is 17.7 Å². The fourth-order valence-electron chi connectivity index (χ4n) is 4.05. The number of benzene rings is 3. The van der Waals surface area contributed by atoms with Gasteiger partial charge in [-0.15, -0.1) is 0 Å². The van der Waals surface area contributed by atoms with E-state index in [1.807, 2.05) is 69.3 Å². The maximum absolute atomic E-state index is 13.6. The van der Waals surface area contributed by atoms with Crippen LogP contribution in [0.3, 0.4) is 0 Å². The van der Waals surface area contributed by atoms with Gasteiger partial charge in [0.05, 0.1) is 22.6 Å². The number of nitrogens with zero attached hydrogens (tertiary/aromatic N) is 3. The Kier molecular flexibility index (Phi) is 6.98. The van der Waals surface area contributed by atoms with Gasteiger partial charge in [-0.1, -0.05) is 54.9 Å². The van der Waals surface area contributed by atoms with E-state index >= 15 is 0 Å². The van der Waals surface area contributed by atoms with Crippen molar-refractivity contribution in [1.29, 1.82) is 0 Å². The van der Waals surface area contributed by atoms with E-state index < -0.39 is 6.04 Å². The minimum atomic E-state index is -0.486. The summed E-state index contributed by atoms with van der Waals surface area (Å²) in [5.74, 6) is 0.472. The number of nitrogens with one attached hydrogen (secondary N) is 1. The highest BCUT2D eigenvalue weighted by atomic mass is 35.5. The summed E-state index contributed by atoms with van der Waals surface area (Å²) in [7, 11) is 0. The van der Waals surface area contributed by atoms with Crippen LogP contribution in [0.4, 0.5) is 10.5 Å². The molecule has 174 valence electrons. The molecule has 0 fully saturated rings. The Morgan fingerprint density at radius 1 is 1.09 bits per heavy atom. The van der Waals surface area contributed by atoms with Gasteiger partial charge < -0.3 is 10.2 Å². The average molecular weight is 475 g/mol. The van der Waals surface area contributed by atoms with E-state index in [1.165, 1.54) is 0 Å². The Balaban J connectivity index is 1.84. The van der Waals surface area contributed by atoms with Crippen LogP contribution in [0.15, 0.2) is 77.6 Å². The van der Waals surface area contributed by atoms with Gasteiger partial charge in [0.1, 0.15) is 5.82 Å². The molecule has 1 aromatic heterocycles. The van der Waals surface area contributed by atoms with Crippen molar-refractivity contribution in [3.8, 4) is 5.69 Å². The molecule has 0 aliphatic carbocycles. The molecule has 6 nitrogen and oxygen atoms in total. The van der Waals surface area contributed by atoms with Crippen LogP contribution in [0.2, 0.25) is 5.02 Å². The number of aromatic nitrogens is 2. The molecule has 3 aromatic carbocycles. The maximum atomic E-state index is 13.6. The Hall–Kier alpha value is -3.64. The Bertz CT molecular complexity index is 1400. The number of para-hydroxylation sites is 2. The summed E-state index contributed by atoms with van der Waals surface area (Å²) in [6.45, 7) is 6.35. The first kappa shape index (κ1) is 23.5. The highest BCUT2D eigenvalue weighted by Gasteiger charge is 2.27. The number of amides is 2. The number of fused-ring (bicyclic) bond motifs is 1. The number of hydrogen-bond acceptors (Lipinski definition) is 3. The lowest BCUT2D eigenvalue weighted by Crippen LogP contribution is -2.40. The molecule has 4 aromatic rings. The average Bonchev–Trinajstić information content (AvgIpc) is 2.83. The van der Waals surface area contributed by atoms with Crippen molar-refractivity contribution in [3.05, 3.63) is 99.6 Å². The zero-order valence-electron chi connectivity index (χ0n) is 19.5. The summed E-state index contributed by atoms with van der Waals surface area (Å²) in [5, 5.41) is 4.03. The standard InChI is InChI=1S/C27H27ClN4O2/c1-4-16-31(27(34)30-23-14-7-5-10-18(23)2)19(3)25-29-24-15-8-6-13-22(24)26(33)32(25)21-12-9-11-20(28)17-21/h5-15,17,19H,4,16H2,1-3H3,(H,30,34). The van der Waals surface area contributed by atoms with Crippen LogP contribution in [0.1, 0.15) is 37.7 Å². The molecule has 0 aliphatic heterocycles. The van der Waals surface area contributed by atoms with E-state index in [-0.39, 0.29) is 11.6 Å². The normalized spacial score (nSPS) is 11.9. The summed E-state index contributed by atoms with van der Waals surface area (Å²) in [4.78, 5) is 33.6. The van der Waals surface area contributed by atoms with Crippen molar-refractivity contribution in [1.82, 2.24) is 14.5 Å². The van der Waals surface area contributed by atoms with Gasteiger partial charge in [-0.25, -0.2) is 9.78 Å². The van der Waals surface area contributed by atoms with Crippen molar-refractivity contribution < 1.29 is 4.79 Å². The lowest BCUT2D eigenvalue weighted by molar-refractivity contribution is 0.189. The molecule has 1 atom stereocenters. The molecule has 0 saturated carbocycles. The van der Waals surface area contributed by atoms with Crippen LogP contribution in [0, 0.1) is 6.92 Å². The van der Waals surface area contributed by atoms with Crippen LogP contribution in [0.5, 0.6) is 0 Å². The third-order valence-electron chi connectivity index (χ3n) is 5.82. The molecule has 1 N–H and O–H groups in total. The number of rotatable bonds is 6. The van der Waals surface area contributed by atoms with E-state index in [2.05, 4.69) is 5.32 Å². The Labute approximate surface area is 203 Å². The largest absolute Gasteiger partial charge is 0.322 e. The second-order valence-corrected chi connectivity index (χ2v) is 8.66. The smallest absolute Gasteiger partial charge is 0.315 e. The van der Waals surface area contributed by atoms with E-state index in [0.29, 0.717) is 34.0 Å². The molecular formula is C27H27ClN4O2. The monoisotopic (exact) mass is 474 g/mol. The van der Waals surface area contributed by atoms with Crippen molar-refractivity contribution in [2.24, 2.45) is 0 Å². The van der Waals surface area contributed by atoms with Crippen molar-refractivity contribution in [2.45, 2.75) is 33.2 Å². The number of halogens is 1. The lowest BCUT2D eigenvalue weighted by atomic mass is 10.1. The summed E-state index contributed by atoms with van der Waals surface area (Å²) in [6, 6.07) is 21.2. The molecule has 0 radical (unpaired) electrons. The van der Waals surface area contributed by atoms with E-state index in [4.69, 9.17) is 16.6 Å². The maximum Gasteiger partial charge on any atom is 0.322 e. The van der Waals surface area contributed by atoms with Gasteiger partial charge in [0.15, 0.2) is 0 Å². The first-order valence-electron chi connectivity index (χ1n) is 11.3. The highest BCUT2D eigenvalue weighted by molar-refractivity contribution is 6.30. The Morgan fingerprint density at radius 3 is 2.56 bits per heavy atom. The fraction of sp³-hybridized carbons (Fsp3) is 0.222. The number of aryl methyl sites for hydroxylation is 1. The first-order chi connectivity index (χ1) is 16.4. The fourth-order valence-corrected chi connectivity index (χ4v) is 4.23. The van der Waals surface area contributed by atoms with Crippen LogP contribution in [-0.4, -0.2) is 27.0 Å². The number of anilines is 1. The van der Waals surface area contributed by atoms with Crippen molar-refractivity contribution >= 4 is 34.2 Å². The second kappa shape index (κ2) is 10.1. The summed E-state index contributed by atoms with van der Waals surface area (Å²) < 4.78 is 1.56. The lowest BCUT2D eigenvalue weighted by Gasteiger charge is -2.30. The summed E-state index contributed by atoms with van der Waals surface area (Å²) in [5.41, 5.74) is 2.71. The molecule has 0 bridgehead atoms. The van der Waals surface area contributed by atoms with Crippen molar-refractivity contribution in [3.63, 3.8) is 0 Å². The summed E-state index contributed by atoms with van der Waals surface area (Å²) >= 11 is 6.25. The first-order valence-corrected chi connectivity index (χ1v) is 11.7. The van der Waals surface area contributed by atoms with Gasteiger partial charge >= 0.3 is 6.03 Å². The number of carbonyl (C=O) groups excluding carboxylic acids is 1. The third-order valence-corrected chi connectivity index (χ3v) is 6.06. The van der Waals surface area contributed by atoms with E-state index in [1.54, 1.807) is 33.7 Å². The minimum Gasteiger partial charge on any atom is -0.315 e. The molecule has 34 heavy (non-hydrogen) atoms. The van der Waals surface area contributed by atoms with Crippen LogP contribution in [0.25, 0.3) is 16.6 Å². The molecule has 1 unspecified atom stereocenters. The van der Waals surface area contributed by atoms with Crippen LogP contribution < -0.4 is 10.9 Å². The van der Waals surface area contributed by atoms with Crippen LogP contribution in [-0.2, 0) is 0 Å².